The number of hydrogen-bond acceptors (Lipinski definition) is 5. The molecule has 3 aromatic rings. The molecule has 0 saturated heterocycles. The van der Waals surface area contributed by atoms with Gasteiger partial charge in [-0.25, -0.2) is 4.68 Å². The Hall–Kier alpha value is -3.35. The van der Waals surface area contributed by atoms with Gasteiger partial charge >= 0.3 is 5.69 Å². The minimum atomic E-state index is -0.491. The molecule has 2 aromatic carbocycles. The van der Waals surface area contributed by atoms with Crippen molar-refractivity contribution in [1.82, 2.24) is 9.78 Å². The smallest absolute Gasteiger partial charge is 0.353 e. The summed E-state index contributed by atoms with van der Waals surface area (Å²) < 4.78 is 12.7. The first-order valence-electron chi connectivity index (χ1n) is 7.67. The molecule has 0 aliphatic rings. The van der Waals surface area contributed by atoms with E-state index in [-0.39, 0.29) is 11.6 Å². The summed E-state index contributed by atoms with van der Waals surface area (Å²) in [5.74, 6) is 1.26. The lowest BCUT2D eigenvalue weighted by Crippen LogP contribution is -1.98. The number of aryl methyl sites for hydroxylation is 2. The molecule has 0 N–H and O–H groups in total. The molecule has 0 amide bonds. The SMILES string of the molecule is Cc1nn(C)c(Oc2ccc(OCc3ccccc3)cc2)c1[N+](=O)[O-]. The summed E-state index contributed by atoms with van der Waals surface area (Å²) in [6, 6.07) is 16.8. The fourth-order valence-corrected chi connectivity index (χ4v) is 2.41. The van der Waals surface area contributed by atoms with Gasteiger partial charge in [0.2, 0.25) is 0 Å². The van der Waals surface area contributed by atoms with Gasteiger partial charge in [0.1, 0.15) is 23.8 Å². The van der Waals surface area contributed by atoms with Crippen LogP contribution in [0.5, 0.6) is 17.4 Å². The van der Waals surface area contributed by atoms with Gasteiger partial charge in [-0.1, -0.05) is 30.3 Å². The van der Waals surface area contributed by atoms with Crippen LogP contribution < -0.4 is 9.47 Å². The molecular weight excluding hydrogens is 322 g/mol. The molecule has 3 rings (SSSR count). The molecule has 0 spiro atoms. The van der Waals surface area contributed by atoms with Gasteiger partial charge < -0.3 is 9.47 Å². The highest BCUT2D eigenvalue weighted by Crippen LogP contribution is 2.33. The second-order valence-corrected chi connectivity index (χ2v) is 5.47. The van der Waals surface area contributed by atoms with Gasteiger partial charge in [0.15, 0.2) is 0 Å². The predicted molar refractivity (Wildman–Crippen MR) is 91.9 cm³/mol. The van der Waals surface area contributed by atoms with Crippen molar-refractivity contribution in [1.29, 1.82) is 0 Å². The lowest BCUT2D eigenvalue weighted by molar-refractivity contribution is -0.386. The van der Waals surface area contributed by atoms with Crippen LogP contribution in [-0.4, -0.2) is 14.7 Å². The van der Waals surface area contributed by atoms with Gasteiger partial charge in [0, 0.05) is 7.05 Å². The fourth-order valence-electron chi connectivity index (χ4n) is 2.41. The van der Waals surface area contributed by atoms with Gasteiger partial charge in [-0.2, -0.15) is 5.10 Å². The summed E-state index contributed by atoms with van der Waals surface area (Å²) in [5, 5.41) is 15.2. The van der Waals surface area contributed by atoms with Gasteiger partial charge in [-0.05, 0) is 36.8 Å². The normalized spacial score (nSPS) is 10.5. The van der Waals surface area contributed by atoms with Gasteiger partial charge in [0.05, 0.1) is 4.92 Å². The van der Waals surface area contributed by atoms with Crippen molar-refractivity contribution in [3.05, 3.63) is 76.0 Å². The van der Waals surface area contributed by atoms with Crippen LogP contribution in [0.15, 0.2) is 54.6 Å². The van der Waals surface area contributed by atoms with Crippen LogP contribution in [0, 0.1) is 17.0 Å². The highest BCUT2D eigenvalue weighted by molar-refractivity contribution is 5.48. The average Bonchev–Trinajstić information content (AvgIpc) is 2.89. The van der Waals surface area contributed by atoms with Crippen molar-refractivity contribution >= 4 is 5.69 Å². The van der Waals surface area contributed by atoms with Crippen LogP contribution in [0.1, 0.15) is 11.3 Å². The minimum Gasteiger partial charge on any atom is -0.489 e. The van der Waals surface area contributed by atoms with Crippen molar-refractivity contribution in [2.45, 2.75) is 13.5 Å². The molecule has 0 radical (unpaired) electrons. The third-order valence-electron chi connectivity index (χ3n) is 3.61. The van der Waals surface area contributed by atoms with Crippen molar-refractivity contribution in [3.63, 3.8) is 0 Å². The van der Waals surface area contributed by atoms with E-state index >= 15 is 0 Å². The quantitative estimate of drug-likeness (QED) is 0.501. The third-order valence-corrected chi connectivity index (χ3v) is 3.61. The first-order chi connectivity index (χ1) is 12.0. The molecule has 0 aliphatic carbocycles. The molecule has 1 aromatic heterocycles. The van der Waals surface area contributed by atoms with Gasteiger partial charge in [-0.15, -0.1) is 0 Å². The van der Waals surface area contributed by atoms with Crippen LogP contribution in [0.4, 0.5) is 5.69 Å². The second-order valence-electron chi connectivity index (χ2n) is 5.47. The molecular formula is C18H17N3O4. The van der Waals surface area contributed by atoms with Crippen molar-refractivity contribution < 1.29 is 14.4 Å². The first kappa shape index (κ1) is 16.5. The Morgan fingerprint density at radius 1 is 1.08 bits per heavy atom. The van der Waals surface area contributed by atoms with Crippen LogP contribution in [0.3, 0.4) is 0 Å². The lowest BCUT2D eigenvalue weighted by atomic mass is 10.2. The highest BCUT2D eigenvalue weighted by atomic mass is 16.6. The van der Waals surface area contributed by atoms with Crippen LogP contribution in [-0.2, 0) is 13.7 Å². The summed E-state index contributed by atoms with van der Waals surface area (Å²) >= 11 is 0. The molecule has 0 bridgehead atoms. The monoisotopic (exact) mass is 339 g/mol. The predicted octanol–water partition coefficient (Wildman–Crippen LogP) is 4.01. The summed E-state index contributed by atoms with van der Waals surface area (Å²) in [6.45, 7) is 2.04. The highest BCUT2D eigenvalue weighted by Gasteiger charge is 2.26. The zero-order chi connectivity index (χ0) is 17.8. The van der Waals surface area contributed by atoms with E-state index in [4.69, 9.17) is 9.47 Å². The van der Waals surface area contributed by atoms with E-state index in [1.165, 1.54) is 4.68 Å². The zero-order valence-electron chi connectivity index (χ0n) is 13.9. The van der Waals surface area contributed by atoms with E-state index in [1.807, 2.05) is 30.3 Å². The van der Waals surface area contributed by atoms with Crippen LogP contribution in [0.25, 0.3) is 0 Å². The molecule has 25 heavy (non-hydrogen) atoms. The first-order valence-corrected chi connectivity index (χ1v) is 7.67. The number of rotatable bonds is 6. The number of aromatic nitrogens is 2. The Labute approximate surface area is 144 Å². The van der Waals surface area contributed by atoms with E-state index in [2.05, 4.69) is 5.10 Å². The Bertz CT molecular complexity index is 873. The maximum Gasteiger partial charge on any atom is 0.353 e. The summed E-state index contributed by atoms with van der Waals surface area (Å²) in [6.07, 6.45) is 0. The maximum absolute atomic E-state index is 11.2. The number of nitrogens with zero attached hydrogens (tertiary/aromatic N) is 3. The molecule has 0 fully saturated rings. The summed E-state index contributed by atoms with van der Waals surface area (Å²) in [5.41, 5.74) is 1.25. The maximum atomic E-state index is 11.2. The van der Waals surface area contributed by atoms with Crippen molar-refractivity contribution in [3.8, 4) is 17.4 Å². The molecule has 0 saturated carbocycles. The molecule has 7 heteroatoms. The number of hydrogen-bond donors (Lipinski definition) is 0. The number of nitro groups is 1. The lowest BCUT2D eigenvalue weighted by Gasteiger charge is -2.08. The molecule has 0 atom stereocenters. The van der Waals surface area contributed by atoms with Crippen LogP contribution >= 0.6 is 0 Å². The minimum absolute atomic E-state index is 0.0976. The average molecular weight is 339 g/mol. The number of benzene rings is 2. The zero-order valence-corrected chi connectivity index (χ0v) is 13.9. The van der Waals surface area contributed by atoms with E-state index < -0.39 is 4.92 Å². The Morgan fingerprint density at radius 3 is 2.36 bits per heavy atom. The van der Waals surface area contributed by atoms with Crippen molar-refractivity contribution in [2.75, 3.05) is 0 Å². The standard InChI is InChI=1S/C18H17N3O4/c1-13-17(21(22)23)18(20(2)19-13)25-16-10-8-15(9-11-16)24-12-14-6-4-3-5-7-14/h3-11H,12H2,1-2H3. The molecule has 1 heterocycles. The molecule has 0 unspecified atom stereocenters. The van der Waals surface area contributed by atoms with E-state index in [0.29, 0.717) is 23.8 Å². The van der Waals surface area contributed by atoms with Crippen molar-refractivity contribution in [2.24, 2.45) is 7.05 Å². The van der Waals surface area contributed by atoms with Gasteiger partial charge in [-0.3, -0.25) is 10.1 Å². The topological polar surface area (TPSA) is 79.4 Å². The number of ether oxygens (including phenoxy) is 2. The second kappa shape index (κ2) is 7.04. The summed E-state index contributed by atoms with van der Waals surface area (Å²) in [7, 11) is 1.60. The van der Waals surface area contributed by atoms with E-state index in [0.717, 1.165) is 5.56 Å². The Kier molecular flexibility index (Phi) is 4.65. The molecule has 128 valence electrons. The largest absolute Gasteiger partial charge is 0.489 e. The Balaban J connectivity index is 1.70. The van der Waals surface area contributed by atoms with Crippen LogP contribution in [0.2, 0.25) is 0 Å². The van der Waals surface area contributed by atoms with E-state index in [1.54, 1.807) is 38.2 Å². The third kappa shape index (κ3) is 3.77. The Morgan fingerprint density at radius 2 is 1.72 bits per heavy atom. The molecule has 0 aliphatic heterocycles. The fraction of sp³-hybridized carbons (Fsp3) is 0.167. The van der Waals surface area contributed by atoms with Gasteiger partial charge in [0.25, 0.3) is 5.88 Å². The van der Waals surface area contributed by atoms with E-state index in [9.17, 15) is 10.1 Å². The summed E-state index contributed by atoms with van der Waals surface area (Å²) in [4.78, 5) is 10.7. The molecule has 7 nitrogen and oxygen atoms in total.